The van der Waals surface area contributed by atoms with Crippen molar-refractivity contribution in [2.24, 2.45) is 0 Å². The molecule has 0 fully saturated rings. The Bertz CT molecular complexity index is 3170. The smallest absolute Gasteiger partial charge is 0.333 e. The molecule has 4 aromatic carbocycles. The lowest BCUT2D eigenvalue weighted by Crippen LogP contribution is -2.31. The normalized spacial score (nSPS) is 14.0. The summed E-state index contributed by atoms with van der Waals surface area (Å²) in [6.07, 6.45) is -0.400. The molecule has 18 heteroatoms. The number of rotatable bonds is 26. The van der Waals surface area contributed by atoms with E-state index in [1.807, 2.05) is 50.3 Å². The number of benzene rings is 4. The van der Waals surface area contributed by atoms with Crippen molar-refractivity contribution in [2.45, 2.75) is 91.3 Å². The molecule has 4 aromatic rings. The van der Waals surface area contributed by atoms with E-state index in [1.54, 1.807) is 72.8 Å². The third-order valence-electron chi connectivity index (χ3n) is 13.1. The minimum atomic E-state index is -1.19. The first-order valence-electron chi connectivity index (χ1n) is 26.7. The summed E-state index contributed by atoms with van der Waals surface area (Å²) in [6.45, 7) is 21.7. The Morgan fingerprint density at radius 1 is 0.405 bits per heavy atom. The second-order valence-corrected chi connectivity index (χ2v) is 20.1. The summed E-state index contributed by atoms with van der Waals surface area (Å²) in [6, 6.07) is 27.6. The second-order valence-electron chi connectivity index (χ2n) is 20.1. The van der Waals surface area contributed by atoms with Gasteiger partial charge in [-0.1, -0.05) is 113 Å². The number of allylic oxidation sites excluding steroid dienone is 6. The Kier molecular flexibility index (Phi) is 22.0. The minimum Gasteiger partial charge on any atom is -0.458 e. The SMILES string of the molecule is C=C(C)C(=O)OCC(COC(=O)C(=C)C)OC(=O)CCC(=O)Oc1cccc(C(C)C2=C/C(=C3/C=C(C(C)c4cccc(OC(=O)CCC(=O)OC(COC(=O)C(=C)C)COC(=O)C(=C)C)c4)C(=O)c4ccccc43)c3ccccc3C2=O)c1. The summed E-state index contributed by atoms with van der Waals surface area (Å²) in [4.78, 5) is 129. The number of esters is 8. The summed E-state index contributed by atoms with van der Waals surface area (Å²) in [5.74, 6) is -7.57. The van der Waals surface area contributed by atoms with Crippen LogP contribution >= 0.6 is 0 Å². The lowest BCUT2D eigenvalue weighted by Gasteiger charge is -2.28. The van der Waals surface area contributed by atoms with Crippen LogP contribution in [-0.2, 0) is 66.8 Å². The van der Waals surface area contributed by atoms with Crippen molar-refractivity contribution >= 4 is 70.5 Å². The van der Waals surface area contributed by atoms with Crippen molar-refractivity contribution in [1.29, 1.82) is 0 Å². The van der Waals surface area contributed by atoms with Crippen molar-refractivity contribution in [3.05, 3.63) is 202 Å². The van der Waals surface area contributed by atoms with Crippen LogP contribution in [0.1, 0.15) is 122 Å². The Labute approximate surface area is 486 Å². The van der Waals surface area contributed by atoms with E-state index < -0.39 is 124 Å². The molecule has 2 aliphatic carbocycles. The summed E-state index contributed by atoms with van der Waals surface area (Å²) in [7, 11) is 0. The fourth-order valence-corrected chi connectivity index (χ4v) is 8.55. The van der Waals surface area contributed by atoms with Gasteiger partial charge in [-0.15, -0.1) is 0 Å². The maximum Gasteiger partial charge on any atom is 0.333 e. The van der Waals surface area contributed by atoms with E-state index in [0.29, 0.717) is 55.7 Å². The van der Waals surface area contributed by atoms with Gasteiger partial charge in [0.2, 0.25) is 0 Å². The highest BCUT2D eigenvalue weighted by atomic mass is 16.6. The van der Waals surface area contributed by atoms with Gasteiger partial charge in [-0.2, -0.15) is 0 Å². The lowest BCUT2D eigenvalue weighted by atomic mass is 9.74. The molecule has 0 spiro atoms. The maximum atomic E-state index is 14.5. The molecule has 0 bridgehead atoms. The number of carbonyl (C=O) groups is 10. The van der Waals surface area contributed by atoms with Crippen LogP contribution in [0.15, 0.2) is 169 Å². The van der Waals surface area contributed by atoms with Crippen LogP contribution in [-0.4, -0.2) is 98.0 Å². The van der Waals surface area contributed by atoms with Gasteiger partial charge in [0, 0.05) is 56.4 Å². The Hall–Kier alpha value is -9.84. The molecule has 0 aromatic heterocycles. The van der Waals surface area contributed by atoms with Gasteiger partial charge in [0.25, 0.3) is 0 Å². The van der Waals surface area contributed by atoms with Crippen LogP contribution in [0.4, 0.5) is 0 Å². The Balaban J connectivity index is 1.19. The zero-order chi connectivity index (χ0) is 61.4. The van der Waals surface area contributed by atoms with E-state index >= 15 is 0 Å². The second kappa shape index (κ2) is 29.2. The number of carbonyl (C=O) groups excluding carboxylic acids is 10. The zero-order valence-corrected chi connectivity index (χ0v) is 47.5. The molecule has 18 nitrogen and oxygen atoms in total. The summed E-state index contributed by atoms with van der Waals surface area (Å²) < 4.78 is 42.4. The number of hydrogen-bond acceptors (Lipinski definition) is 18. The minimum absolute atomic E-state index is 0.0999. The number of hydrogen-bond donors (Lipinski definition) is 0. The molecule has 436 valence electrons. The van der Waals surface area contributed by atoms with E-state index in [2.05, 4.69) is 26.3 Å². The van der Waals surface area contributed by atoms with Gasteiger partial charge in [-0.05, 0) is 97.5 Å². The summed E-state index contributed by atoms with van der Waals surface area (Å²) in [5, 5.41) is 0. The molecule has 0 saturated heterocycles. The van der Waals surface area contributed by atoms with Crippen molar-refractivity contribution < 1.29 is 85.8 Å². The molecule has 6 rings (SSSR count). The quantitative estimate of drug-likeness (QED) is 0.0245. The molecule has 0 N–H and O–H groups in total. The van der Waals surface area contributed by atoms with Gasteiger partial charge in [0.15, 0.2) is 23.8 Å². The summed E-state index contributed by atoms with van der Waals surface area (Å²) in [5.41, 5.74) is 5.94. The molecule has 2 unspecified atom stereocenters. The van der Waals surface area contributed by atoms with Crippen LogP contribution in [0, 0.1) is 0 Å². The number of Topliss-reactive ketones (excluding diaryl/α,β-unsaturated/α-hetero) is 2. The van der Waals surface area contributed by atoms with Crippen LogP contribution in [0.25, 0.3) is 11.1 Å². The van der Waals surface area contributed by atoms with Crippen LogP contribution in [0.3, 0.4) is 0 Å². The first kappa shape index (κ1) is 63.3. The molecule has 0 heterocycles. The van der Waals surface area contributed by atoms with Crippen LogP contribution in [0.5, 0.6) is 11.5 Å². The average molecular weight is 1150 g/mol. The van der Waals surface area contributed by atoms with Crippen LogP contribution < -0.4 is 9.47 Å². The molecular weight excluding hydrogens is 1080 g/mol. The van der Waals surface area contributed by atoms with Crippen molar-refractivity contribution in [1.82, 2.24) is 0 Å². The van der Waals surface area contributed by atoms with Crippen LogP contribution in [0.2, 0.25) is 0 Å². The van der Waals surface area contributed by atoms with E-state index in [1.165, 1.54) is 27.7 Å². The third kappa shape index (κ3) is 17.1. The zero-order valence-electron chi connectivity index (χ0n) is 47.5. The topological polar surface area (TPSA) is 245 Å². The molecule has 0 radical (unpaired) electrons. The number of fused-ring (bicyclic) bond motifs is 2. The number of ether oxygens (including phenoxy) is 8. The predicted octanol–water partition coefficient (Wildman–Crippen LogP) is 10.1. The monoisotopic (exact) mass is 1140 g/mol. The Morgan fingerprint density at radius 2 is 0.702 bits per heavy atom. The Morgan fingerprint density at radius 3 is 1.01 bits per heavy atom. The third-order valence-corrected chi connectivity index (χ3v) is 13.1. The molecule has 2 aliphatic rings. The molecular formula is C66H64O18. The molecule has 0 amide bonds. The highest BCUT2D eigenvalue weighted by molar-refractivity contribution is 6.24. The first-order chi connectivity index (χ1) is 39.9. The highest BCUT2D eigenvalue weighted by Gasteiger charge is 2.34. The van der Waals surface area contributed by atoms with Gasteiger partial charge < -0.3 is 37.9 Å². The van der Waals surface area contributed by atoms with Gasteiger partial charge in [0.1, 0.15) is 37.9 Å². The van der Waals surface area contributed by atoms with E-state index in [-0.39, 0.29) is 45.4 Å². The van der Waals surface area contributed by atoms with E-state index in [4.69, 9.17) is 37.9 Å². The highest BCUT2D eigenvalue weighted by Crippen LogP contribution is 2.45. The maximum absolute atomic E-state index is 14.5. The van der Waals surface area contributed by atoms with Crippen molar-refractivity contribution in [3.63, 3.8) is 0 Å². The molecule has 84 heavy (non-hydrogen) atoms. The average Bonchev–Trinajstić information content (AvgIpc) is 2.86. The summed E-state index contributed by atoms with van der Waals surface area (Å²) >= 11 is 0. The molecule has 0 aliphatic heterocycles. The van der Waals surface area contributed by atoms with Gasteiger partial charge in [-0.3, -0.25) is 28.8 Å². The standard InChI is InChI=1S/C66H64O18/c1-37(2)63(73)77-33-47(34-78-64(74)38(3)4)83-59(69)27-25-57(67)81-45-19-15-17-43(29-45)41(9)53-31-55(49-21-11-13-23-51(49)61(53)71)56-32-54(62(72)52-24-14-12-22-50(52)56)42(10)44-18-16-20-46(30-44)82-58(68)26-28-60(70)84-48(35-79-65(75)39(5)6)36-80-66(76)40(7)8/h11-24,29-32,41-42,47-48H,1,3,5,7,25-28,33-36H2,2,4,6,8-10H3/b56-55+. The fourth-order valence-electron chi connectivity index (χ4n) is 8.55. The van der Waals surface area contributed by atoms with Gasteiger partial charge in [0.05, 0.1) is 25.7 Å². The van der Waals surface area contributed by atoms with Crippen molar-refractivity contribution in [2.75, 3.05) is 26.4 Å². The largest absolute Gasteiger partial charge is 0.458 e. The van der Waals surface area contributed by atoms with E-state index in [9.17, 15) is 47.9 Å². The fraction of sp³-hybridized carbons (Fsp3) is 0.273. The van der Waals surface area contributed by atoms with E-state index in [0.717, 1.165) is 0 Å². The predicted molar refractivity (Wildman–Crippen MR) is 307 cm³/mol. The van der Waals surface area contributed by atoms with Crippen molar-refractivity contribution in [3.8, 4) is 11.5 Å². The molecule has 0 saturated carbocycles. The number of ketones is 2. The van der Waals surface area contributed by atoms with Gasteiger partial charge in [-0.25, -0.2) is 19.2 Å². The lowest BCUT2D eigenvalue weighted by molar-refractivity contribution is -0.165. The molecule has 2 atom stereocenters. The van der Waals surface area contributed by atoms with Gasteiger partial charge >= 0.3 is 47.8 Å². The first-order valence-corrected chi connectivity index (χ1v) is 26.7.